The van der Waals surface area contributed by atoms with Crippen LogP contribution in [0.25, 0.3) is 138 Å². The van der Waals surface area contributed by atoms with E-state index in [0.29, 0.717) is 61.9 Å². The van der Waals surface area contributed by atoms with Gasteiger partial charge in [0.05, 0.1) is 130 Å². The van der Waals surface area contributed by atoms with Crippen LogP contribution in [-0.4, -0.2) is 27.8 Å². The second kappa shape index (κ2) is 17.8. The van der Waals surface area contributed by atoms with Crippen molar-refractivity contribution in [1.82, 2.24) is 27.8 Å². The number of hydrogen-bond acceptors (Lipinski definition) is 6. The van der Waals surface area contributed by atoms with E-state index in [-0.39, 0.29) is 5.56 Å². The Kier molecular flexibility index (Phi) is 9.99. The van der Waals surface area contributed by atoms with Crippen LogP contribution in [-0.2, 0) is 0 Å². The molecule has 83 heavy (non-hydrogen) atoms. The zero-order chi connectivity index (χ0) is 55.6. The number of rotatable bonds is 6. The van der Waals surface area contributed by atoms with Crippen molar-refractivity contribution in [3.8, 4) is 70.2 Å². The van der Waals surface area contributed by atoms with E-state index in [0.717, 1.165) is 98.4 Å². The normalized spacial score (nSPS) is 11.6. The molecule has 0 radical (unpaired) electrons. The molecule has 16 aromatic rings. The van der Waals surface area contributed by atoms with Crippen molar-refractivity contribution < 1.29 is 0 Å². The van der Waals surface area contributed by atoms with Gasteiger partial charge >= 0.3 is 0 Å². The zero-order valence-corrected chi connectivity index (χ0v) is 43.8. The molecular weight excluding hydrogens is 1020 g/mol. The maximum Gasteiger partial charge on any atom is 0.150 e. The summed E-state index contributed by atoms with van der Waals surface area (Å²) in [7, 11) is 0. The molecular formula is C72H37N11. The van der Waals surface area contributed by atoms with Gasteiger partial charge in [0.25, 0.3) is 0 Å². The van der Waals surface area contributed by atoms with Gasteiger partial charge in [0.2, 0.25) is 0 Å². The summed E-state index contributed by atoms with van der Waals surface area (Å²) in [6.07, 6.45) is 0. The third kappa shape index (κ3) is 6.52. The molecule has 0 spiro atoms. The lowest BCUT2D eigenvalue weighted by Gasteiger charge is -2.29. The first-order chi connectivity index (χ1) is 41.0. The molecule has 11 heteroatoms. The van der Waals surface area contributed by atoms with Crippen LogP contribution in [0.4, 0.5) is 0 Å². The van der Waals surface area contributed by atoms with Crippen molar-refractivity contribution in [3.63, 3.8) is 0 Å². The van der Waals surface area contributed by atoms with Gasteiger partial charge in [-0.1, -0.05) is 103 Å². The first-order valence-corrected chi connectivity index (χ1v) is 26.9. The number of benzene rings is 11. The molecule has 0 aliphatic carbocycles. The molecule has 11 aromatic carbocycles. The standard InChI is InChI=1S/C72H37N11/c73-38-43-26-30-62-52(34-43)48-16-4-9-21-58(48)80(62)68-56(42-77)69(81-59-22-10-5-17-49(59)53-35-44(39-74)27-31-63(53)81)71(83-61-24-12-7-19-51(61)55-37-46(41-76)29-33-65(55)83)70(82-60-23-11-6-18-50(60)54-36-45(40-75)28-32-64(54)82)67(68)72-78-57-20-8-13-25-66(57)79(72)47-14-2-1-3-15-47/h1-37H. The van der Waals surface area contributed by atoms with E-state index < -0.39 is 0 Å². The summed E-state index contributed by atoms with van der Waals surface area (Å²) in [6.45, 7) is 0. The Morgan fingerprint density at radius 3 is 1.01 bits per heavy atom. The zero-order valence-electron chi connectivity index (χ0n) is 43.8. The van der Waals surface area contributed by atoms with Gasteiger partial charge in [0, 0.05) is 48.8 Å². The van der Waals surface area contributed by atoms with E-state index in [2.05, 4.69) is 120 Å². The second-order valence-electron chi connectivity index (χ2n) is 20.6. The number of nitrogens with zero attached hydrogens (tertiary/aromatic N) is 11. The van der Waals surface area contributed by atoms with E-state index in [9.17, 15) is 26.3 Å². The Bertz CT molecular complexity index is 5770. The summed E-state index contributed by atoms with van der Waals surface area (Å²) < 4.78 is 11.1. The molecule has 16 rings (SSSR count). The molecule has 0 saturated carbocycles. The fourth-order valence-corrected chi connectivity index (χ4v) is 13.1. The minimum absolute atomic E-state index is 0.288. The van der Waals surface area contributed by atoms with E-state index in [4.69, 9.17) is 4.98 Å². The minimum atomic E-state index is 0.288. The van der Waals surface area contributed by atoms with Crippen molar-refractivity contribution in [2.75, 3.05) is 0 Å². The largest absolute Gasteiger partial charge is 0.307 e. The molecule has 0 saturated heterocycles. The van der Waals surface area contributed by atoms with Crippen LogP contribution in [0, 0.1) is 56.7 Å². The molecule has 0 unspecified atom stereocenters. The van der Waals surface area contributed by atoms with Gasteiger partial charge in [-0.25, -0.2) is 4.98 Å². The van der Waals surface area contributed by atoms with Gasteiger partial charge in [-0.15, -0.1) is 0 Å². The lowest BCUT2D eigenvalue weighted by molar-refractivity contribution is 1.01. The van der Waals surface area contributed by atoms with Gasteiger partial charge in [-0.05, 0) is 121 Å². The predicted molar refractivity (Wildman–Crippen MR) is 327 cm³/mol. The Hall–Kier alpha value is -12.5. The number of fused-ring (bicyclic) bond motifs is 13. The number of para-hydroxylation sites is 7. The minimum Gasteiger partial charge on any atom is -0.307 e. The number of imidazole rings is 1. The lowest BCUT2D eigenvalue weighted by atomic mass is 9.97. The molecule has 0 bridgehead atoms. The molecule has 0 N–H and O–H groups in total. The highest BCUT2D eigenvalue weighted by molar-refractivity contribution is 6.17. The fraction of sp³-hybridized carbons (Fsp3) is 0. The van der Waals surface area contributed by atoms with E-state index in [1.807, 2.05) is 158 Å². The van der Waals surface area contributed by atoms with Crippen molar-refractivity contribution in [1.29, 1.82) is 26.3 Å². The average Bonchev–Trinajstić information content (AvgIpc) is 2.20. The molecule has 0 amide bonds. The Morgan fingerprint density at radius 1 is 0.265 bits per heavy atom. The summed E-state index contributed by atoms with van der Waals surface area (Å²) in [6, 6.07) is 86.4. The third-order valence-electron chi connectivity index (χ3n) is 16.4. The number of hydrogen-bond donors (Lipinski definition) is 0. The van der Waals surface area contributed by atoms with Gasteiger partial charge in [-0.2, -0.15) is 26.3 Å². The molecule has 0 aliphatic heterocycles. The quantitative estimate of drug-likeness (QED) is 0.161. The molecule has 11 nitrogen and oxygen atoms in total. The summed E-state index contributed by atoms with van der Waals surface area (Å²) in [4.78, 5) is 5.79. The van der Waals surface area contributed by atoms with Gasteiger partial charge in [0.15, 0.2) is 0 Å². The van der Waals surface area contributed by atoms with Crippen LogP contribution in [0.3, 0.4) is 0 Å². The molecule has 5 aromatic heterocycles. The summed E-state index contributed by atoms with van der Waals surface area (Å²) >= 11 is 0. The smallest absolute Gasteiger partial charge is 0.150 e. The molecule has 380 valence electrons. The topological polar surface area (TPSA) is 156 Å². The SMILES string of the molecule is N#Cc1ccc2c(c1)c1ccccc1n2-c1c(C#N)c(-n2c3ccccc3c3cc(C#N)ccc32)c(-n2c3ccccc3c3cc(C#N)ccc32)c(-n2c3ccccc3c3cc(C#N)ccc32)c1-c1nc2ccccc2n1-c1ccccc1. The van der Waals surface area contributed by atoms with E-state index >= 15 is 0 Å². The second-order valence-corrected chi connectivity index (χ2v) is 20.6. The molecule has 0 aliphatic rings. The van der Waals surface area contributed by atoms with Gasteiger partial charge in [-0.3, -0.25) is 4.57 Å². The summed E-state index contributed by atoms with van der Waals surface area (Å²) in [5.74, 6) is 0.527. The van der Waals surface area contributed by atoms with Crippen LogP contribution in [0.1, 0.15) is 27.8 Å². The molecule has 0 fully saturated rings. The van der Waals surface area contributed by atoms with Crippen LogP contribution in [0.5, 0.6) is 0 Å². The summed E-state index contributed by atoms with van der Waals surface area (Å²) in [5, 5.41) is 62.0. The van der Waals surface area contributed by atoms with Crippen molar-refractivity contribution in [2.45, 2.75) is 0 Å². The van der Waals surface area contributed by atoms with Crippen LogP contribution < -0.4 is 0 Å². The Labute approximate surface area is 472 Å². The first-order valence-electron chi connectivity index (χ1n) is 26.9. The van der Waals surface area contributed by atoms with Crippen molar-refractivity contribution in [3.05, 3.63) is 252 Å². The van der Waals surface area contributed by atoms with Gasteiger partial charge < -0.3 is 18.3 Å². The number of aromatic nitrogens is 6. The van der Waals surface area contributed by atoms with Gasteiger partial charge in [0.1, 0.15) is 17.5 Å². The van der Waals surface area contributed by atoms with Crippen LogP contribution in [0.15, 0.2) is 224 Å². The van der Waals surface area contributed by atoms with Crippen molar-refractivity contribution >= 4 is 98.3 Å². The van der Waals surface area contributed by atoms with Crippen LogP contribution in [0.2, 0.25) is 0 Å². The maximum atomic E-state index is 13.0. The van der Waals surface area contributed by atoms with Crippen LogP contribution >= 0.6 is 0 Å². The average molecular weight is 1060 g/mol. The highest BCUT2D eigenvalue weighted by atomic mass is 15.2. The first kappa shape index (κ1) is 46.6. The van der Waals surface area contributed by atoms with Crippen molar-refractivity contribution in [2.24, 2.45) is 0 Å². The predicted octanol–water partition coefficient (Wildman–Crippen LogP) is 16.4. The monoisotopic (exact) mass is 1060 g/mol. The fourth-order valence-electron chi connectivity index (χ4n) is 13.1. The highest BCUT2D eigenvalue weighted by Crippen LogP contribution is 2.52. The summed E-state index contributed by atoms with van der Waals surface area (Å²) in [5.41, 5.74) is 13.7. The third-order valence-corrected chi connectivity index (χ3v) is 16.4. The van der Waals surface area contributed by atoms with E-state index in [1.165, 1.54) is 0 Å². The Morgan fingerprint density at radius 2 is 0.602 bits per heavy atom. The Balaban J connectivity index is 1.30. The number of nitriles is 5. The lowest BCUT2D eigenvalue weighted by Crippen LogP contribution is -2.17. The molecule has 5 heterocycles. The highest BCUT2D eigenvalue weighted by Gasteiger charge is 2.37. The maximum absolute atomic E-state index is 13.0. The van der Waals surface area contributed by atoms with E-state index in [1.54, 1.807) is 0 Å². The molecule has 0 atom stereocenters.